The van der Waals surface area contributed by atoms with Crippen LogP contribution in [0.25, 0.3) is 11.0 Å². The molecule has 0 radical (unpaired) electrons. The van der Waals surface area contributed by atoms with Crippen molar-refractivity contribution in [3.63, 3.8) is 0 Å². The number of furan rings is 1. The van der Waals surface area contributed by atoms with E-state index in [9.17, 15) is 9.59 Å². The average molecular weight is 366 g/mol. The predicted octanol–water partition coefficient (Wildman–Crippen LogP) is 4.82. The molecule has 140 valence electrons. The minimum Gasteiger partial charge on any atom is -0.495 e. The molecule has 27 heavy (non-hydrogen) atoms. The van der Waals surface area contributed by atoms with E-state index in [0.717, 1.165) is 12.8 Å². The van der Waals surface area contributed by atoms with E-state index in [4.69, 9.17) is 9.15 Å². The van der Waals surface area contributed by atoms with Crippen LogP contribution >= 0.6 is 0 Å². The van der Waals surface area contributed by atoms with Gasteiger partial charge in [0.1, 0.15) is 17.0 Å². The zero-order valence-corrected chi connectivity index (χ0v) is 15.4. The van der Waals surface area contributed by atoms with Gasteiger partial charge in [0.25, 0.3) is 5.91 Å². The van der Waals surface area contributed by atoms with Crippen LogP contribution in [0.1, 0.15) is 36.7 Å². The van der Waals surface area contributed by atoms with Crippen LogP contribution in [0.4, 0.5) is 11.4 Å². The van der Waals surface area contributed by atoms with Crippen LogP contribution in [-0.4, -0.2) is 18.9 Å². The third-order valence-corrected chi connectivity index (χ3v) is 4.18. The lowest BCUT2D eigenvalue weighted by atomic mass is 10.2. The molecule has 0 aliphatic rings. The Balaban J connectivity index is 1.94. The molecule has 0 bridgehead atoms. The molecule has 6 nitrogen and oxygen atoms in total. The largest absolute Gasteiger partial charge is 0.495 e. The second kappa shape index (κ2) is 8.40. The number of anilines is 2. The molecule has 0 aliphatic heterocycles. The third-order valence-electron chi connectivity index (χ3n) is 4.18. The molecular weight excluding hydrogens is 344 g/mol. The molecule has 0 fully saturated rings. The maximum atomic E-state index is 12.9. The van der Waals surface area contributed by atoms with Crippen molar-refractivity contribution in [2.75, 3.05) is 17.7 Å². The first-order valence-electron chi connectivity index (χ1n) is 8.89. The molecule has 0 unspecified atom stereocenters. The van der Waals surface area contributed by atoms with Crippen LogP contribution in [0, 0.1) is 0 Å². The van der Waals surface area contributed by atoms with Crippen LogP contribution in [0.3, 0.4) is 0 Å². The van der Waals surface area contributed by atoms with Crippen molar-refractivity contribution < 1.29 is 18.7 Å². The van der Waals surface area contributed by atoms with Crippen molar-refractivity contribution in [2.24, 2.45) is 0 Å². The standard InChI is InChI=1S/C21H22N2O4/c1-3-4-13-18(24)23-19-14-9-5-7-11-16(14)27-20(19)21(25)22-15-10-6-8-12-17(15)26-2/h5-12H,3-4,13H2,1-2H3,(H,22,25)(H,23,24). The number of nitrogens with one attached hydrogen (secondary N) is 2. The van der Waals surface area contributed by atoms with Gasteiger partial charge in [-0.05, 0) is 30.7 Å². The van der Waals surface area contributed by atoms with Crippen molar-refractivity contribution in [1.29, 1.82) is 0 Å². The number of hydrogen-bond donors (Lipinski definition) is 2. The Labute approximate surface area is 157 Å². The number of amides is 2. The Morgan fingerprint density at radius 1 is 1.04 bits per heavy atom. The number of carbonyl (C=O) groups is 2. The van der Waals surface area contributed by atoms with E-state index < -0.39 is 5.91 Å². The summed E-state index contributed by atoms with van der Waals surface area (Å²) in [7, 11) is 1.53. The van der Waals surface area contributed by atoms with Crippen molar-refractivity contribution in [1.82, 2.24) is 0 Å². The SMILES string of the molecule is CCCCC(=O)Nc1c(C(=O)Nc2ccccc2OC)oc2ccccc12. The summed E-state index contributed by atoms with van der Waals surface area (Å²) in [4.78, 5) is 25.1. The normalized spacial score (nSPS) is 10.6. The zero-order chi connectivity index (χ0) is 19.2. The lowest BCUT2D eigenvalue weighted by Gasteiger charge is -2.10. The van der Waals surface area contributed by atoms with Crippen molar-refractivity contribution in [2.45, 2.75) is 26.2 Å². The monoisotopic (exact) mass is 366 g/mol. The average Bonchev–Trinajstić information content (AvgIpc) is 3.05. The second-order valence-corrected chi connectivity index (χ2v) is 6.11. The molecule has 3 rings (SSSR count). The summed E-state index contributed by atoms with van der Waals surface area (Å²) in [5, 5.41) is 6.31. The highest BCUT2D eigenvalue weighted by molar-refractivity contribution is 6.14. The highest BCUT2D eigenvalue weighted by Gasteiger charge is 2.23. The lowest BCUT2D eigenvalue weighted by Crippen LogP contribution is -2.17. The first kappa shape index (κ1) is 18.5. The minimum atomic E-state index is -0.457. The molecule has 1 heterocycles. The number of rotatable bonds is 7. The van der Waals surface area contributed by atoms with E-state index in [2.05, 4.69) is 10.6 Å². The number of ether oxygens (including phenoxy) is 1. The summed E-state index contributed by atoms with van der Waals surface area (Å²) in [6, 6.07) is 14.3. The van der Waals surface area contributed by atoms with Gasteiger partial charge in [0.15, 0.2) is 0 Å². The highest BCUT2D eigenvalue weighted by Crippen LogP contribution is 2.32. The quantitative estimate of drug-likeness (QED) is 0.628. The summed E-state index contributed by atoms with van der Waals surface area (Å²) < 4.78 is 11.0. The van der Waals surface area contributed by atoms with Gasteiger partial charge >= 0.3 is 0 Å². The number of benzene rings is 2. The molecule has 2 aromatic carbocycles. The fraction of sp³-hybridized carbons (Fsp3) is 0.238. The van der Waals surface area contributed by atoms with E-state index in [0.29, 0.717) is 34.5 Å². The number of methoxy groups -OCH3 is 1. The maximum absolute atomic E-state index is 12.9. The topological polar surface area (TPSA) is 80.6 Å². The van der Waals surface area contributed by atoms with E-state index in [1.165, 1.54) is 7.11 Å². The van der Waals surface area contributed by atoms with Gasteiger partial charge in [0.2, 0.25) is 11.7 Å². The summed E-state index contributed by atoms with van der Waals surface area (Å²) in [6.07, 6.45) is 2.09. The number of carbonyl (C=O) groups excluding carboxylic acids is 2. The number of unbranched alkanes of at least 4 members (excludes halogenated alkanes) is 1. The van der Waals surface area contributed by atoms with Crippen LogP contribution in [-0.2, 0) is 4.79 Å². The van der Waals surface area contributed by atoms with Crippen LogP contribution in [0.15, 0.2) is 52.9 Å². The summed E-state index contributed by atoms with van der Waals surface area (Å²) in [6.45, 7) is 2.02. The number of fused-ring (bicyclic) bond motifs is 1. The first-order chi connectivity index (χ1) is 13.1. The van der Waals surface area contributed by atoms with Crippen LogP contribution in [0.5, 0.6) is 5.75 Å². The van der Waals surface area contributed by atoms with Gasteiger partial charge in [0.05, 0.1) is 12.8 Å². The predicted molar refractivity (Wildman–Crippen MR) is 105 cm³/mol. The molecule has 0 saturated heterocycles. The number of hydrogen-bond acceptors (Lipinski definition) is 4. The molecule has 2 amide bonds. The maximum Gasteiger partial charge on any atom is 0.293 e. The lowest BCUT2D eigenvalue weighted by molar-refractivity contribution is -0.116. The molecule has 0 spiro atoms. The van der Waals surface area contributed by atoms with Gasteiger partial charge in [-0.3, -0.25) is 9.59 Å². The fourth-order valence-electron chi connectivity index (χ4n) is 2.80. The van der Waals surface area contributed by atoms with Gasteiger partial charge in [0, 0.05) is 11.8 Å². The molecule has 0 saturated carbocycles. The number of para-hydroxylation sites is 3. The smallest absolute Gasteiger partial charge is 0.293 e. The van der Waals surface area contributed by atoms with Crippen LogP contribution in [0.2, 0.25) is 0 Å². The summed E-state index contributed by atoms with van der Waals surface area (Å²) in [5.74, 6) is -0.00122. The van der Waals surface area contributed by atoms with Crippen molar-refractivity contribution >= 4 is 34.2 Å². The molecule has 0 aliphatic carbocycles. The molecular formula is C21H22N2O4. The Kier molecular flexibility index (Phi) is 5.76. The summed E-state index contributed by atoms with van der Waals surface area (Å²) >= 11 is 0. The van der Waals surface area contributed by atoms with Gasteiger partial charge < -0.3 is 19.8 Å². The highest BCUT2D eigenvalue weighted by atomic mass is 16.5. The van der Waals surface area contributed by atoms with E-state index in [1.807, 2.05) is 31.2 Å². The fourth-order valence-corrected chi connectivity index (χ4v) is 2.80. The molecule has 1 aromatic heterocycles. The van der Waals surface area contributed by atoms with Crippen LogP contribution < -0.4 is 15.4 Å². The van der Waals surface area contributed by atoms with E-state index in [-0.39, 0.29) is 11.7 Å². The third kappa shape index (κ3) is 4.11. The second-order valence-electron chi connectivity index (χ2n) is 6.11. The first-order valence-corrected chi connectivity index (χ1v) is 8.89. The van der Waals surface area contributed by atoms with E-state index in [1.54, 1.807) is 24.3 Å². The van der Waals surface area contributed by atoms with Crippen molar-refractivity contribution in [3.8, 4) is 5.75 Å². The zero-order valence-electron chi connectivity index (χ0n) is 15.4. The van der Waals surface area contributed by atoms with Crippen molar-refractivity contribution in [3.05, 3.63) is 54.3 Å². The molecule has 6 heteroatoms. The van der Waals surface area contributed by atoms with Gasteiger partial charge in [-0.2, -0.15) is 0 Å². The minimum absolute atomic E-state index is 0.0620. The van der Waals surface area contributed by atoms with Gasteiger partial charge in [-0.15, -0.1) is 0 Å². The molecule has 2 N–H and O–H groups in total. The molecule has 0 atom stereocenters. The van der Waals surface area contributed by atoms with Gasteiger partial charge in [-0.1, -0.05) is 37.6 Å². The Hall–Kier alpha value is -3.28. The van der Waals surface area contributed by atoms with E-state index >= 15 is 0 Å². The Morgan fingerprint density at radius 3 is 2.56 bits per heavy atom. The van der Waals surface area contributed by atoms with Gasteiger partial charge in [-0.25, -0.2) is 0 Å². The Morgan fingerprint density at radius 2 is 1.78 bits per heavy atom. The summed E-state index contributed by atoms with van der Waals surface area (Å²) in [5.41, 5.74) is 1.45. The molecule has 3 aromatic rings. The Bertz CT molecular complexity index is 962.